The fourth-order valence-electron chi connectivity index (χ4n) is 12.2. The molecule has 2 saturated carbocycles. The molecule has 73 heavy (non-hydrogen) atoms. The molecule has 4 aliphatic rings. The lowest BCUT2D eigenvalue weighted by Crippen LogP contribution is -2.82. The largest absolute Gasteiger partial charge is 0.456 e. The monoisotopic (exact) mass is 1040 g/mol. The molecular formula is C57H79NO13Si2. The Hall–Kier alpha value is -4.53. The molecule has 1 unspecified atom stereocenters. The predicted octanol–water partition coefficient (Wildman–Crippen LogP) is 9.02. The van der Waals surface area contributed by atoms with E-state index in [0.717, 1.165) is 18.1 Å². The average molecular weight is 1040 g/mol. The van der Waals surface area contributed by atoms with Crippen molar-refractivity contribution in [3.63, 3.8) is 0 Å². The molecule has 4 N–H and O–H groups in total. The predicted molar refractivity (Wildman–Crippen MR) is 281 cm³/mol. The Morgan fingerprint density at radius 2 is 1.38 bits per heavy atom. The Balaban J connectivity index is 1.44. The number of hydrogen-bond donors (Lipinski definition) is 4. The first-order valence-electron chi connectivity index (χ1n) is 26.0. The Labute approximate surface area is 433 Å². The summed E-state index contributed by atoms with van der Waals surface area (Å²) in [6.07, 6.45) is -9.67. The summed E-state index contributed by atoms with van der Waals surface area (Å²) in [7, 11) is -5.45. The molecule has 3 aromatic rings. The number of benzene rings is 3. The van der Waals surface area contributed by atoms with Gasteiger partial charge in [-0.3, -0.25) is 9.59 Å². The Kier molecular flexibility index (Phi) is 16.1. The van der Waals surface area contributed by atoms with Crippen LogP contribution >= 0.6 is 0 Å². The molecule has 3 fully saturated rings. The minimum atomic E-state index is -2.89. The average Bonchev–Trinajstić information content (AvgIpc) is 3.35. The lowest BCUT2D eigenvalue weighted by molar-refractivity contribution is -0.363. The molecule has 0 spiro atoms. The van der Waals surface area contributed by atoms with Crippen LogP contribution in [0.1, 0.15) is 121 Å². The number of aliphatic hydroxyl groups is 3. The highest BCUT2D eigenvalue weighted by atomic mass is 28.4. The minimum absolute atomic E-state index is 0.164. The molecule has 12 atom stereocenters. The zero-order chi connectivity index (χ0) is 53.7. The third-order valence-corrected chi connectivity index (χ3v) is 27.1. The van der Waals surface area contributed by atoms with E-state index in [1.54, 1.807) is 113 Å². The Morgan fingerprint density at radius 3 is 1.89 bits per heavy atom. The zero-order valence-corrected chi connectivity index (χ0v) is 47.0. The lowest BCUT2D eigenvalue weighted by atomic mass is 9.44. The van der Waals surface area contributed by atoms with Crippen molar-refractivity contribution in [1.82, 2.24) is 5.32 Å². The van der Waals surface area contributed by atoms with Gasteiger partial charge in [-0.15, -0.1) is 0 Å². The van der Waals surface area contributed by atoms with Crippen molar-refractivity contribution in [1.29, 1.82) is 0 Å². The van der Waals surface area contributed by atoms with E-state index in [1.165, 1.54) is 6.92 Å². The maximum absolute atomic E-state index is 15.6. The van der Waals surface area contributed by atoms with E-state index in [0.29, 0.717) is 16.7 Å². The molecule has 2 bridgehead atoms. The highest BCUT2D eigenvalue weighted by molar-refractivity contribution is 6.74. The third-order valence-electron chi connectivity index (χ3n) is 17.9. The summed E-state index contributed by atoms with van der Waals surface area (Å²) in [5.74, 6) is -4.04. The van der Waals surface area contributed by atoms with Gasteiger partial charge in [-0.1, -0.05) is 129 Å². The molecule has 16 heteroatoms. The molecule has 14 nitrogen and oxygen atoms in total. The van der Waals surface area contributed by atoms with Crippen LogP contribution in [0.25, 0.3) is 0 Å². The number of carbonyl (C=O) groups excluding carboxylic acids is 4. The number of fused-ring (bicyclic) bond motifs is 5. The molecule has 0 aromatic heterocycles. The first-order valence-corrected chi connectivity index (χ1v) is 31.5. The van der Waals surface area contributed by atoms with Gasteiger partial charge in [0.15, 0.2) is 28.3 Å². The molecule has 1 amide bonds. The molecule has 1 aliphatic heterocycles. The molecule has 7 rings (SSSR count). The number of hydrogen-bond acceptors (Lipinski definition) is 13. The highest BCUT2D eigenvalue weighted by Crippen LogP contribution is 2.66. The van der Waals surface area contributed by atoms with E-state index >= 15 is 4.79 Å². The Bertz CT molecular complexity index is 2500. The van der Waals surface area contributed by atoms with E-state index in [1.807, 2.05) is 39.9 Å². The maximum Gasteiger partial charge on any atom is 0.338 e. The standard InChI is InChI=1S/C57H79NO13Si2/c1-14-73(15-2,16-3)70-41-32-42-56(34-66-42,69-36(5)59)47-49(68-51(63)39-30-24-19-25-31-39)57(65)33-40(35(4)43(54(57,9)10)45(60)48(61)55(41,47)11)67-52(64)46(71-72(12,13)53(6,7)8)44(37-26-20-17-21-27-37)58-50(62)38-28-22-18-23-29-38/h17-31,40-42,44-49,60-61,65H,14-16,32-34H2,1-13H3,(H,58,62)/t40?,41-,42+,44-,45-,46+,47-,48-,49-,55+,56-,57+/m0/s1. The topological polar surface area (TPSA) is 196 Å². The van der Waals surface area contributed by atoms with Crippen LogP contribution in [0.15, 0.2) is 102 Å². The van der Waals surface area contributed by atoms with Gasteiger partial charge < -0.3 is 48.4 Å². The zero-order valence-electron chi connectivity index (χ0n) is 45.0. The van der Waals surface area contributed by atoms with Crippen LogP contribution in [-0.4, -0.2) is 116 Å². The van der Waals surface area contributed by atoms with Gasteiger partial charge in [0.2, 0.25) is 0 Å². The van der Waals surface area contributed by atoms with Crippen LogP contribution in [0.5, 0.6) is 0 Å². The van der Waals surface area contributed by atoms with Crippen LogP contribution in [0.3, 0.4) is 0 Å². The summed E-state index contributed by atoms with van der Waals surface area (Å²) in [6, 6.07) is 27.2. The number of aliphatic hydroxyl groups excluding tert-OH is 2. The van der Waals surface area contributed by atoms with Gasteiger partial charge >= 0.3 is 17.9 Å². The first kappa shape index (κ1) is 56.2. The molecular weight excluding hydrogens is 963 g/mol. The van der Waals surface area contributed by atoms with Gasteiger partial charge in [-0.05, 0) is 84.2 Å². The summed E-state index contributed by atoms with van der Waals surface area (Å²) in [6.45, 7) is 24.4. The van der Waals surface area contributed by atoms with Crippen molar-refractivity contribution < 1.29 is 62.3 Å². The second-order valence-corrected chi connectivity index (χ2v) is 32.6. The molecule has 398 valence electrons. The number of rotatable bonds is 16. The normalized spacial score (nSPS) is 30.7. The summed E-state index contributed by atoms with van der Waals surface area (Å²) >= 11 is 0. The second-order valence-electron chi connectivity index (χ2n) is 23.2. The minimum Gasteiger partial charge on any atom is -0.456 e. The summed E-state index contributed by atoms with van der Waals surface area (Å²) in [4.78, 5) is 58.0. The summed E-state index contributed by atoms with van der Waals surface area (Å²) in [5.41, 5.74) is -5.29. The van der Waals surface area contributed by atoms with Crippen molar-refractivity contribution >= 4 is 40.4 Å². The van der Waals surface area contributed by atoms with E-state index in [9.17, 15) is 29.7 Å². The van der Waals surface area contributed by atoms with Crippen molar-refractivity contribution in [2.45, 2.75) is 185 Å². The van der Waals surface area contributed by atoms with Gasteiger partial charge in [0, 0.05) is 36.2 Å². The smallest absolute Gasteiger partial charge is 0.338 e. The maximum atomic E-state index is 15.6. The van der Waals surface area contributed by atoms with Crippen molar-refractivity contribution in [3.8, 4) is 0 Å². The third kappa shape index (κ3) is 9.95. The van der Waals surface area contributed by atoms with Crippen LogP contribution in [0.2, 0.25) is 36.3 Å². The van der Waals surface area contributed by atoms with Crippen LogP contribution < -0.4 is 5.32 Å². The first-order chi connectivity index (χ1) is 34.2. The van der Waals surface area contributed by atoms with Gasteiger partial charge in [-0.2, -0.15) is 0 Å². The second kappa shape index (κ2) is 20.9. The molecule has 3 aromatic carbocycles. The van der Waals surface area contributed by atoms with Gasteiger partial charge in [0.05, 0.1) is 36.3 Å². The summed E-state index contributed by atoms with van der Waals surface area (Å²) < 4.78 is 40.6. The van der Waals surface area contributed by atoms with E-state index < -0.39 is 122 Å². The molecule has 1 heterocycles. The van der Waals surface area contributed by atoms with E-state index in [-0.39, 0.29) is 30.6 Å². The van der Waals surface area contributed by atoms with E-state index in [2.05, 4.69) is 26.1 Å². The molecule has 0 radical (unpaired) electrons. The number of carbonyl (C=O) groups is 4. The number of ether oxygens (including phenoxy) is 4. The number of amides is 1. The fraction of sp³-hybridized carbons (Fsp3) is 0.579. The van der Waals surface area contributed by atoms with Crippen LogP contribution in [0, 0.1) is 16.7 Å². The highest BCUT2D eigenvalue weighted by Gasteiger charge is 2.78. The SMILES string of the molecule is CC[Si](CC)(CC)O[C@H]1C[C@H]2OC[C@@]2(OC(C)=O)[C@H]2[C@H](OC(=O)c3ccccc3)[C@]3(O)CC(OC(=O)[C@H](O[Si](C)(C)C(C)(C)C)[C@@H](NC(=O)c4ccccc4)c4ccccc4)C(C)=C([C@H](O)[C@H](O)[C@]12C)C3(C)C. The van der Waals surface area contributed by atoms with E-state index in [4.69, 9.17) is 27.8 Å². The van der Waals surface area contributed by atoms with Crippen molar-refractivity contribution in [2.75, 3.05) is 6.61 Å². The molecule has 1 saturated heterocycles. The quantitative estimate of drug-likeness (QED) is 0.0460. The number of nitrogens with one attached hydrogen (secondary N) is 1. The van der Waals surface area contributed by atoms with Crippen molar-refractivity contribution in [2.24, 2.45) is 16.7 Å². The van der Waals surface area contributed by atoms with Gasteiger partial charge in [0.25, 0.3) is 5.91 Å². The number of esters is 3. The lowest BCUT2D eigenvalue weighted by Gasteiger charge is -2.70. The van der Waals surface area contributed by atoms with Crippen LogP contribution in [0.4, 0.5) is 0 Å². The fourth-order valence-corrected chi connectivity index (χ4v) is 16.4. The summed E-state index contributed by atoms with van der Waals surface area (Å²) in [5, 5.41) is 43.4. The van der Waals surface area contributed by atoms with Gasteiger partial charge in [0.1, 0.15) is 30.0 Å². The van der Waals surface area contributed by atoms with Crippen LogP contribution in [-0.2, 0) is 37.4 Å². The molecule has 3 aliphatic carbocycles. The van der Waals surface area contributed by atoms with Crippen molar-refractivity contribution in [3.05, 3.63) is 119 Å². The van der Waals surface area contributed by atoms with Gasteiger partial charge in [-0.25, -0.2) is 9.59 Å². The Morgan fingerprint density at radius 1 is 0.836 bits per heavy atom.